The summed E-state index contributed by atoms with van der Waals surface area (Å²) in [6.07, 6.45) is 117. The van der Waals surface area contributed by atoms with E-state index in [1.807, 2.05) is 0 Å². The molecule has 0 bridgehead atoms. The molecular formula is C91H170NO8P. The monoisotopic (exact) mass is 1440 g/mol. The van der Waals surface area contributed by atoms with Crippen molar-refractivity contribution in [2.45, 2.75) is 469 Å². The summed E-state index contributed by atoms with van der Waals surface area (Å²) in [5.41, 5.74) is 5.43. The summed E-state index contributed by atoms with van der Waals surface area (Å²) in [5.74, 6) is -0.800. The predicted molar refractivity (Wildman–Crippen MR) is 441 cm³/mol. The summed E-state index contributed by atoms with van der Waals surface area (Å²) >= 11 is 0. The minimum Gasteiger partial charge on any atom is -0.462 e. The number of carbonyl (C=O) groups excluding carboxylic acids is 2. The molecule has 101 heavy (non-hydrogen) atoms. The molecule has 3 N–H and O–H groups in total. The molecule has 9 nitrogen and oxygen atoms in total. The molecular weight excluding hydrogens is 1270 g/mol. The van der Waals surface area contributed by atoms with Gasteiger partial charge in [-0.3, -0.25) is 18.6 Å². The van der Waals surface area contributed by atoms with E-state index in [2.05, 4.69) is 86.8 Å². The molecule has 0 aliphatic heterocycles. The lowest BCUT2D eigenvalue weighted by Crippen LogP contribution is -2.29. The summed E-state index contributed by atoms with van der Waals surface area (Å²) in [6, 6.07) is 0. The summed E-state index contributed by atoms with van der Waals surface area (Å²) in [4.78, 5) is 35.5. The van der Waals surface area contributed by atoms with Crippen molar-refractivity contribution in [1.29, 1.82) is 0 Å². The summed E-state index contributed by atoms with van der Waals surface area (Å²) in [6.45, 7) is 3.70. The molecule has 0 fully saturated rings. The number of phosphoric ester groups is 1. The number of phosphoric acid groups is 1. The van der Waals surface area contributed by atoms with Crippen LogP contribution in [0.5, 0.6) is 0 Å². The molecule has 0 saturated carbocycles. The van der Waals surface area contributed by atoms with Crippen molar-refractivity contribution in [3.05, 3.63) is 72.9 Å². The Kier molecular flexibility index (Phi) is 84.2. The van der Waals surface area contributed by atoms with E-state index < -0.39 is 26.5 Å². The number of nitrogens with two attached hydrogens (primary N) is 1. The third-order valence-electron chi connectivity index (χ3n) is 20.1. The Morgan fingerprint density at radius 1 is 0.307 bits per heavy atom. The van der Waals surface area contributed by atoms with E-state index in [1.54, 1.807) is 0 Å². The standard InChI is InChI=1S/C91H170NO8P/c1-3-5-7-9-11-13-15-17-19-21-23-25-27-29-31-33-35-37-39-41-43-44-46-48-50-52-54-56-58-60-62-64-66-68-70-72-74-76-78-80-82-84-91(94)100-89(88-99-101(95,96)98-86-85-92)87-97-90(93)83-81-79-77-75-73-71-69-67-65-63-61-59-57-55-53-51-49-47-45-42-40-38-36-34-32-30-28-26-24-22-20-18-16-14-12-10-8-6-4-2/h5,7,11,13,16-19,22-25,89H,3-4,6,8-10,12,14-15,20-21,26-88,92H2,1-2H3,(H,95,96)/b7-5-,13-11-,18-16-,19-17-,24-22-,25-23-. The van der Waals surface area contributed by atoms with Crippen LogP contribution in [0.25, 0.3) is 0 Å². The van der Waals surface area contributed by atoms with Gasteiger partial charge >= 0.3 is 19.8 Å². The molecule has 10 heteroatoms. The Bertz CT molecular complexity index is 1890. The van der Waals surface area contributed by atoms with Crippen LogP contribution in [0.3, 0.4) is 0 Å². The number of ether oxygens (including phenoxy) is 2. The molecule has 0 aromatic carbocycles. The fourth-order valence-corrected chi connectivity index (χ4v) is 14.3. The number of esters is 2. The van der Waals surface area contributed by atoms with Crippen LogP contribution in [0.4, 0.5) is 0 Å². The predicted octanol–water partition coefficient (Wildman–Crippen LogP) is 30.2. The van der Waals surface area contributed by atoms with E-state index in [0.29, 0.717) is 6.42 Å². The highest BCUT2D eigenvalue weighted by molar-refractivity contribution is 7.47. The first-order valence-corrected chi connectivity index (χ1v) is 45.9. The van der Waals surface area contributed by atoms with Crippen molar-refractivity contribution in [3.63, 3.8) is 0 Å². The first kappa shape index (κ1) is 98.5. The van der Waals surface area contributed by atoms with Crippen molar-refractivity contribution in [3.8, 4) is 0 Å². The van der Waals surface area contributed by atoms with Crippen LogP contribution < -0.4 is 5.73 Å². The largest absolute Gasteiger partial charge is 0.472 e. The maximum absolute atomic E-state index is 12.8. The van der Waals surface area contributed by atoms with Crippen LogP contribution in [0.2, 0.25) is 0 Å². The highest BCUT2D eigenvalue weighted by Crippen LogP contribution is 2.43. The Morgan fingerprint density at radius 2 is 0.545 bits per heavy atom. The first-order chi connectivity index (χ1) is 49.8. The van der Waals surface area contributed by atoms with Crippen LogP contribution in [0.15, 0.2) is 72.9 Å². The molecule has 2 atom stereocenters. The lowest BCUT2D eigenvalue weighted by atomic mass is 10.0. The summed E-state index contributed by atoms with van der Waals surface area (Å²) < 4.78 is 33.4. The zero-order valence-electron chi connectivity index (χ0n) is 67.2. The molecule has 0 spiro atoms. The number of allylic oxidation sites excluding steroid dienone is 12. The van der Waals surface area contributed by atoms with Crippen LogP contribution >= 0.6 is 7.82 Å². The van der Waals surface area contributed by atoms with E-state index in [0.717, 1.165) is 64.2 Å². The van der Waals surface area contributed by atoms with Gasteiger partial charge in [0, 0.05) is 19.4 Å². The van der Waals surface area contributed by atoms with Gasteiger partial charge in [-0.15, -0.1) is 0 Å². The van der Waals surface area contributed by atoms with Gasteiger partial charge in [-0.2, -0.15) is 0 Å². The fraction of sp³-hybridized carbons (Fsp3) is 0.846. The summed E-state index contributed by atoms with van der Waals surface area (Å²) in [7, 11) is -4.40. The van der Waals surface area contributed by atoms with Gasteiger partial charge in [0.15, 0.2) is 6.10 Å². The van der Waals surface area contributed by atoms with Gasteiger partial charge in [0.1, 0.15) is 6.61 Å². The van der Waals surface area contributed by atoms with E-state index in [9.17, 15) is 19.0 Å². The molecule has 592 valence electrons. The third-order valence-corrected chi connectivity index (χ3v) is 21.1. The molecule has 0 aromatic heterocycles. The van der Waals surface area contributed by atoms with Gasteiger partial charge in [-0.1, -0.05) is 440 Å². The van der Waals surface area contributed by atoms with Crippen molar-refractivity contribution in [1.82, 2.24) is 0 Å². The SMILES string of the molecule is CC/C=C\C/C=C\C/C=C\C/C=C\CCCCCCCCCCCCCCCCCCCCCCCCCCCCCCC(=O)OC(COC(=O)CCCCCCCCCCCCCCCCCCCCCCCCCCCCC/C=C\C/C=C\CCCCCCC)COP(=O)(O)OCCN. The second-order valence-electron chi connectivity index (χ2n) is 30.1. The maximum Gasteiger partial charge on any atom is 0.472 e. The van der Waals surface area contributed by atoms with E-state index in [4.69, 9.17) is 24.3 Å². The zero-order chi connectivity index (χ0) is 72.9. The quantitative estimate of drug-likeness (QED) is 0.0264. The average Bonchev–Trinajstić information content (AvgIpc) is 1.04. The van der Waals surface area contributed by atoms with Gasteiger partial charge in [-0.05, 0) is 83.5 Å². The van der Waals surface area contributed by atoms with Crippen molar-refractivity contribution in [2.75, 3.05) is 26.4 Å². The van der Waals surface area contributed by atoms with E-state index >= 15 is 0 Å². The van der Waals surface area contributed by atoms with Gasteiger partial charge in [0.05, 0.1) is 13.2 Å². The summed E-state index contributed by atoms with van der Waals surface area (Å²) in [5, 5.41) is 0. The van der Waals surface area contributed by atoms with Crippen LogP contribution in [-0.4, -0.2) is 49.3 Å². The zero-order valence-corrected chi connectivity index (χ0v) is 68.1. The minimum atomic E-state index is -4.40. The normalized spacial score (nSPS) is 13.1. The smallest absolute Gasteiger partial charge is 0.462 e. The van der Waals surface area contributed by atoms with Gasteiger partial charge in [0.2, 0.25) is 0 Å². The van der Waals surface area contributed by atoms with Crippen LogP contribution in [-0.2, 0) is 32.7 Å². The number of carbonyl (C=O) groups is 2. The van der Waals surface area contributed by atoms with Gasteiger partial charge in [-0.25, -0.2) is 4.57 Å². The lowest BCUT2D eigenvalue weighted by molar-refractivity contribution is -0.161. The highest BCUT2D eigenvalue weighted by atomic mass is 31.2. The molecule has 0 aromatic rings. The van der Waals surface area contributed by atoms with Crippen molar-refractivity contribution < 1.29 is 37.6 Å². The Hall–Kier alpha value is -2.55. The van der Waals surface area contributed by atoms with Gasteiger partial charge in [0.25, 0.3) is 0 Å². The number of hydrogen-bond donors (Lipinski definition) is 2. The van der Waals surface area contributed by atoms with E-state index in [-0.39, 0.29) is 38.6 Å². The third kappa shape index (κ3) is 86.3. The molecule has 0 amide bonds. The minimum absolute atomic E-state index is 0.0559. The molecule has 0 rings (SSSR count). The molecule has 0 heterocycles. The molecule has 0 saturated heterocycles. The second kappa shape index (κ2) is 86.4. The number of unbranched alkanes of at least 4 members (excludes halogenated alkanes) is 60. The molecule has 0 aliphatic carbocycles. The topological polar surface area (TPSA) is 134 Å². The number of rotatable bonds is 85. The van der Waals surface area contributed by atoms with Crippen molar-refractivity contribution in [2.24, 2.45) is 5.73 Å². The van der Waals surface area contributed by atoms with Crippen molar-refractivity contribution >= 4 is 19.8 Å². The van der Waals surface area contributed by atoms with Crippen LogP contribution in [0, 0.1) is 0 Å². The van der Waals surface area contributed by atoms with Crippen LogP contribution in [0.1, 0.15) is 463 Å². The lowest BCUT2D eigenvalue weighted by Gasteiger charge is -2.19. The Morgan fingerprint density at radius 3 is 0.812 bits per heavy atom. The molecule has 0 radical (unpaired) electrons. The van der Waals surface area contributed by atoms with Gasteiger partial charge < -0.3 is 20.1 Å². The molecule has 0 aliphatic rings. The first-order valence-electron chi connectivity index (χ1n) is 44.4. The Labute approximate surface area is 628 Å². The highest BCUT2D eigenvalue weighted by Gasteiger charge is 2.26. The molecule has 2 unspecified atom stereocenters. The second-order valence-corrected chi connectivity index (χ2v) is 31.5. The van der Waals surface area contributed by atoms with E-state index in [1.165, 1.54) is 366 Å². The average molecular weight is 1440 g/mol. The maximum atomic E-state index is 12.8. The fourth-order valence-electron chi connectivity index (χ4n) is 13.6. The Balaban J connectivity index is 3.70. The number of hydrogen-bond acceptors (Lipinski definition) is 8.